The number of hydrogen-bond acceptors (Lipinski definition) is 3. The van der Waals surface area contributed by atoms with Crippen molar-refractivity contribution in [2.24, 2.45) is 11.3 Å². The highest BCUT2D eigenvalue weighted by Gasteiger charge is 2.41. The minimum absolute atomic E-state index is 0.207. The van der Waals surface area contributed by atoms with Gasteiger partial charge in [-0.05, 0) is 43.4 Å². The van der Waals surface area contributed by atoms with Crippen molar-refractivity contribution in [2.45, 2.75) is 83.5 Å². The van der Waals surface area contributed by atoms with Gasteiger partial charge < -0.3 is 14.8 Å². The maximum atomic E-state index is 5.83. The maximum absolute atomic E-state index is 5.83. The molecule has 1 N–H and O–H groups in total. The largest absolute Gasteiger partial charge is 0.348 e. The van der Waals surface area contributed by atoms with Crippen molar-refractivity contribution in [2.75, 3.05) is 19.8 Å². The first-order valence-corrected chi connectivity index (χ1v) is 9.13. The first-order chi connectivity index (χ1) is 10.1. The summed E-state index contributed by atoms with van der Waals surface area (Å²) >= 11 is 0. The Bertz CT molecular complexity index is 320. The second kappa shape index (κ2) is 6.55. The topological polar surface area (TPSA) is 30.5 Å². The van der Waals surface area contributed by atoms with Crippen molar-refractivity contribution in [3.63, 3.8) is 0 Å². The van der Waals surface area contributed by atoms with Crippen LogP contribution in [0.1, 0.15) is 71.6 Å². The summed E-state index contributed by atoms with van der Waals surface area (Å²) in [5, 5.41) is 3.90. The molecular weight excluding hydrogens is 262 g/mol. The Morgan fingerprint density at radius 3 is 2.19 bits per heavy atom. The van der Waals surface area contributed by atoms with Crippen molar-refractivity contribution in [1.82, 2.24) is 5.32 Å². The van der Waals surface area contributed by atoms with Crippen molar-refractivity contribution in [1.29, 1.82) is 0 Å². The minimum atomic E-state index is -0.207. The second-order valence-electron chi connectivity index (χ2n) is 8.07. The summed E-state index contributed by atoms with van der Waals surface area (Å²) in [5.74, 6) is 0.612. The lowest BCUT2D eigenvalue weighted by Gasteiger charge is -2.38. The van der Waals surface area contributed by atoms with Gasteiger partial charge in [-0.1, -0.05) is 26.7 Å². The van der Waals surface area contributed by atoms with Gasteiger partial charge in [0.1, 0.15) is 0 Å². The van der Waals surface area contributed by atoms with Gasteiger partial charge >= 0.3 is 0 Å². The molecule has 0 aromatic rings. The van der Waals surface area contributed by atoms with E-state index in [2.05, 4.69) is 19.2 Å². The Labute approximate surface area is 130 Å². The average molecular weight is 295 g/mol. The average Bonchev–Trinajstić information content (AvgIpc) is 3.09. The summed E-state index contributed by atoms with van der Waals surface area (Å²) in [5.41, 5.74) is 0.587. The molecule has 0 aromatic heterocycles. The van der Waals surface area contributed by atoms with Crippen molar-refractivity contribution < 1.29 is 9.47 Å². The lowest BCUT2D eigenvalue weighted by atomic mass is 9.78. The van der Waals surface area contributed by atoms with Crippen LogP contribution in [0.3, 0.4) is 0 Å². The molecule has 1 saturated heterocycles. The van der Waals surface area contributed by atoms with E-state index in [1.807, 2.05) is 0 Å². The zero-order chi connectivity index (χ0) is 14.8. The van der Waals surface area contributed by atoms with Crippen LogP contribution in [0.25, 0.3) is 0 Å². The molecule has 0 unspecified atom stereocenters. The summed E-state index contributed by atoms with van der Waals surface area (Å²) in [4.78, 5) is 0. The van der Waals surface area contributed by atoms with Crippen LogP contribution in [0.4, 0.5) is 0 Å². The van der Waals surface area contributed by atoms with E-state index >= 15 is 0 Å². The number of rotatable bonds is 5. The molecule has 1 heterocycles. The van der Waals surface area contributed by atoms with Crippen molar-refractivity contribution in [3.8, 4) is 0 Å². The number of hydrogen-bond donors (Lipinski definition) is 1. The normalized spacial score (nSPS) is 28.7. The molecule has 1 aliphatic heterocycles. The van der Waals surface area contributed by atoms with E-state index in [1.165, 1.54) is 51.5 Å². The third kappa shape index (κ3) is 3.80. The molecule has 122 valence electrons. The van der Waals surface area contributed by atoms with Crippen LogP contribution in [0.15, 0.2) is 0 Å². The van der Waals surface area contributed by atoms with Gasteiger partial charge in [0, 0.05) is 25.4 Å². The Morgan fingerprint density at radius 2 is 1.62 bits per heavy atom. The van der Waals surface area contributed by atoms with E-state index in [0.29, 0.717) is 11.5 Å². The molecule has 3 heteroatoms. The molecule has 2 aliphatic carbocycles. The fraction of sp³-hybridized carbons (Fsp3) is 1.00. The van der Waals surface area contributed by atoms with Gasteiger partial charge in [-0.25, -0.2) is 0 Å². The highest BCUT2D eigenvalue weighted by molar-refractivity contribution is 4.91. The monoisotopic (exact) mass is 295 g/mol. The summed E-state index contributed by atoms with van der Waals surface area (Å²) < 4.78 is 11.7. The highest BCUT2D eigenvalue weighted by atomic mass is 16.7. The Hall–Kier alpha value is -0.120. The van der Waals surface area contributed by atoms with Gasteiger partial charge in [-0.2, -0.15) is 0 Å². The first-order valence-electron chi connectivity index (χ1n) is 9.13. The molecular formula is C18H33NO2. The second-order valence-corrected chi connectivity index (χ2v) is 8.07. The zero-order valence-corrected chi connectivity index (χ0v) is 14.0. The zero-order valence-electron chi connectivity index (χ0n) is 14.0. The molecule has 0 amide bonds. The summed E-state index contributed by atoms with van der Waals surface area (Å²) in [7, 11) is 0. The minimum Gasteiger partial charge on any atom is -0.348 e. The van der Waals surface area contributed by atoms with Crippen molar-refractivity contribution in [3.05, 3.63) is 0 Å². The molecule has 3 nitrogen and oxygen atoms in total. The summed E-state index contributed by atoms with van der Waals surface area (Å²) in [6, 6.07) is 0.674. The molecule has 21 heavy (non-hydrogen) atoms. The number of nitrogens with one attached hydrogen (secondary N) is 1. The first kappa shape index (κ1) is 15.8. The van der Waals surface area contributed by atoms with Crippen LogP contribution in [0, 0.1) is 11.3 Å². The van der Waals surface area contributed by atoms with Gasteiger partial charge in [0.25, 0.3) is 0 Å². The number of ether oxygens (including phenoxy) is 2. The fourth-order valence-electron chi connectivity index (χ4n) is 4.85. The summed E-state index contributed by atoms with van der Waals surface area (Å²) in [6.07, 6.45) is 11.7. The smallest absolute Gasteiger partial charge is 0.168 e. The van der Waals surface area contributed by atoms with Gasteiger partial charge in [0.15, 0.2) is 5.79 Å². The fourth-order valence-corrected chi connectivity index (χ4v) is 4.85. The van der Waals surface area contributed by atoms with E-state index < -0.39 is 0 Å². The third-order valence-electron chi connectivity index (χ3n) is 5.83. The van der Waals surface area contributed by atoms with Crippen LogP contribution >= 0.6 is 0 Å². The van der Waals surface area contributed by atoms with E-state index in [-0.39, 0.29) is 5.79 Å². The molecule has 1 spiro atoms. The Morgan fingerprint density at radius 1 is 1.00 bits per heavy atom. The van der Waals surface area contributed by atoms with Crippen LogP contribution in [0.2, 0.25) is 0 Å². The quantitative estimate of drug-likeness (QED) is 0.835. The molecule has 0 atom stereocenters. The molecule has 0 radical (unpaired) electrons. The Kier molecular flexibility index (Phi) is 4.92. The molecule has 3 rings (SSSR count). The van der Waals surface area contributed by atoms with Crippen LogP contribution in [-0.2, 0) is 9.47 Å². The SMILES string of the molecule is CC(C)CC1(CNC2CCC3(CC2)OCCO3)CCCC1. The van der Waals surface area contributed by atoms with E-state index in [4.69, 9.17) is 9.47 Å². The van der Waals surface area contributed by atoms with Gasteiger partial charge in [-0.3, -0.25) is 0 Å². The molecule has 3 aliphatic rings. The lowest BCUT2D eigenvalue weighted by Crippen LogP contribution is -2.45. The maximum Gasteiger partial charge on any atom is 0.168 e. The van der Waals surface area contributed by atoms with Gasteiger partial charge in [0.05, 0.1) is 13.2 Å². The van der Waals surface area contributed by atoms with Crippen molar-refractivity contribution >= 4 is 0 Å². The van der Waals surface area contributed by atoms with E-state index in [9.17, 15) is 0 Å². The van der Waals surface area contributed by atoms with Gasteiger partial charge in [-0.15, -0.1) is 0 Å². The molecule has 3 fully saturated rings. The summed E-state index contributed by atoms with van der Waals surface area (Å²) in [6.45, 7) is 7.55. The predicted molar refractivity (Wildman–Crippen MR) is 85.2 cm³/mol. The molecule has 2 saturated carbocycles. The van der Waals surface area contributed by atoms with Gasteiger partial charge in [0.2, 0.25) is 0 Å². The molecule has 0 aromatic carbocycles. The van der Waals surface area contributed by atoms with Crippen LogP contribution in [0.5, 0.6) is 0 Å². The van der Waals surface area contributed by atoms with Crippen LogP contribution < -0.4 is 5.32 Å². The van der Waals surface area contributed by atoms with E-state index in [0.717, 1.165) is 32.0 Å². The standard InChI is InChI=1S/C18H33NO2/c1-15(2)13-17(7-3-4-8-17)14-19-16-5-9-18(10-6-16)20-11-12-21-18/h15-16,19H,3-14H2,1-2H3. The third-order valence-corrected chi connectivity index (χ3v) is 5.83. The van der Waals surface area contributed by atoms with Crippen LogP contribution in [-0.4, -0.2) is 31.6 Å². The lowest BCUT2D eigenvalue weighted by molar-refractivity contribution is -0.179. The highest BCUT2D eigenvalue weighted by Crippen LogP contribution is 2.43. The molecule has 0 bridgehead atoms. The van der Waals surface area contributed by atoms with E-state index in [1.54, 1.807) is 0 Å². The Balaban J connectivity index is 1.46. The predicted octanol–water partition coefficient (Wildman–Crippen LogP) is 3.87.